The normalized spacial score (nSPS) is 18.7. The molecule has 0 bridgehead atoms. The number of amides is 3. The van der Waals surface area contributed by atoms with E-state index >= 15 is 0 Å². The van der Waals surface area contributed by atoms with Crippen molar-refractivity contribution in [2.75, 3.05) is 13.1 Å². The fourth-order valence-corrected chi connectivity index (χ4v) is 6.02. The highest BCUT2D eigenvalue weighted by molar-refractivity contribution is 7.13. The summed E-state index contributed by atoms with van der Waals surface area (Å²) in [6.45, 7) is 10.3. The summed E-state index contributed by atoms with van der Waals surface area (Å²) in [6, 6.07) is 6.08. The molecule has 0 radical (unpaired) electrons. The molecule has 5 N–H and O–H groups in total. The highest BCUT2D eigenvalue weighted by Crippen LogP contribution is 2.29. The Morgan fingerprint density at radius 2 is 1.76 bits per heavy atom. The summed E-state index contributed by atoms with van der Waals surface area (Å²) in [5.41, 5.74) is 9.78. The summed E-state index contributed by atoms with van der Waals surface area (Å²) in [7, 11) is 0. The van der Waals surface area contributed by atoms with Crippen LogP contribution in [-0.4, -0.2) is 64.0 Å². The van der Waals surface area contributed by atoms with Crippen LogP contribution in [0.4, 0.5) is 0 Å². The number of carbonyl (C=O) groups is 3. The van der Waals surface area contributed by atoms with E-state index in [2.05, 4.69) is 15.6 Å². The van der Waals surface area contributed by atoms with E-state index in [-0.39, 0.29) is 36.7 Å². The average Bonchev–Trinajstić information content (AvgIpc) is 3.53. The van der Waals surface area contributed by atoms with Crippen LogP contribution < -0.4 is 16.4 Å². The van der Waals surface area contributed by atoms with Gasteiger partial charge in [-0.25, -0.2) is 4.98 Å². The number of aliphatic hydroxyl groups excluding tert-OH is 1. The predicted octanol–water partition coefficient (Wildman–Crippen LogP) is 4.09. The van der Waals surface area contributed by atoms with Gasteiger partial charge in [-0.2, -0.15) is 0 Å². The molecule has 2 aromatic rings. The van der Waals surface area contributed by atoms with Crippen molar-refractivity contribution in [2.24, 2.45) is 11.1 Å². The minimum absolute atomic E-state index is 0.0534. The van der Waals surface area contributed by atoms with E-state index in [1.165, 1.54) is 4.90 Å². The fourth-order valence-electron chi connectivity index (χ4n) is 5.21. The van der Waals surface area contributed by atoms with Gasteiger partial charge < -0.3 is 26.4 Å². The Morgan fingerprint density at radius 3 is 2.37 bits per heavy atom. The summed E-state index contributed by atoms with van der Waals surface area (Å²) in [4.78, 5) is 46.8. The van der Waals surface area contributed by atoms with Crippen LogP contribution in [0.25, 0.3) is 10.4 Å². The van der Waals surface area contributed by atoms with Gasteiger partial charge in [-0.1, -0.05) is 64.3 Å². The topological polar surface area (TPSA) is 138 Å². The second-order valence-corrected chi connectivity index (χ2v) is 13.0. The number of nitrogens with zero attached hydrogens (tertiary/aromatic N) is 2. The molecule has 9 nitrogen and oxygen atoms in total. The lowest BCUT2D eigenvalue weighted by molar-refractivity contribution is -0.144. The minimum Gasteiger partial charge on any atom is -0.391 e. The van der Waals surface area contributed by atoms with Gasteiger partial charge >= 0.3 is 0 Å². The maximum absolute atomic E-state index is 13.8. The van der Waals surface area contributed by atoms with Crippen molar-refractivity contribution in [1.82, 2.24) is 20.5 Å². The van der Waals surface area contributed by atoms with E-state index in [9.17, 15) is 19.5 Å². The van der Waals surface area contributed by atoms with Gasteiger partial charge in [0.25, 0.3) is 0 Å². The lowest BCUT2D eigenvalue weighted by Crippen LogP contribution is -2.57. The third-order valence-electron chi connectivity index (χ3n) is 7.67. The molecular weight excluding hydrogens is 538 g/mol. The molecule has 1 saturated heterocycles. The molecule has 0 aliphatic carbocycles. The number of nitrogens with two attached hydrogens (primary N) is 1. The molecule has 10 heteroatoms. The number of hydrogen-bond acceptors (Lipinski definition) is 7. The van der Waals surface area contributed by atoms with Crippen LogP contribution in [0.15, 0.2) is 29.8 Å². The van der Waals surface area contributed by atoms with Crippen molar-refractivity contribution in [1.29, 1.82) is 0 Å². The highest BCUT2D eigenvalue weighted by Gasteiger charge is 2.44. The van der Waals surface area contributed by atoms with Crippen LogP contribution in [0.2, 0.25) is 0 Å². The SMILES string of the molecule is Cc1ncsc1-c1ccc(C(C)NC(=O)[C@@H]2C[C@@H](O)CN2C(=O)C(NC(=O)CCCCCCCN)C(C)(C)C)cc1. The Balaban J connectivity index is 1.63. The highest BCUT2D eigenvalue weighted by atomic mass is 32.1. The lowest BCUT2D eigenvalue weighted by Gasteiger charge is -2.35. The van der Waals surface area contributed by atoms with Crippen LogP contribution in [0.5, 0.6) is 0 Å². The number of unbranched alkanes of at least 4 members (excludes halogenated alkanes) is 4. The third-order valence-corrected chi connectivity index (χ3v) is 8.65. The number of carbonyl (C=O) groups excluding carboxylic acids is 3. The summed E-state index contributed by atoms with van der Waals surface area (Å²) in [5.74, 6) is -0.841. The van der Waals surface area contributed by atoms with E-state index in [1.54, 1.807) is 11.3 Å². The van der Waals surface area contributed by atoms with E-state index < -0.39 is 23.6 Å². The smallest absolute Gasteiger partial charge is 0.246 e. The first-order chi connectivity index (χ1) is 19.4. The first kappa shape index (κ1) is 32.7. The van der Waals surface area contributed by atoms with Crippen LogP contribution in [0, 0.1) is 12.3 Å². The van der Waals surface area contributed by atoms with Crippen molar-refractivity contribution < 1.29 is 19.5 Å². The molecule has 1 aliphatic rings. The fraction of sp³-hybridized carbons (Fsp3) is 0.613. The van der Waals surface area contributed by atoms with Gasteiger partial charge in [-0.05, 0) is 49.8 Å². The Morgan fingerprint density at radius 1 is 1.10 bits per heavy atom. The maximum atomic E-state index is 13.8. The van der Waals surface area contributed by atoms with Gasteiger partial charge in [-0.15, -0.1) is 11.3 Å². The predicted molar refractivity (Wildman–Crippen MR) is 163 cm³/mol. The van der Waals surface area contributed by atoms with E-state index in [1.807, 2.05) is 64.4 Å². The number of aromatic nitrogens is 1. The number of rotatable bonds is 13. The molecule has 1 aromatic carbocycles. The molecule has 2 unspecified atom stereocenters. The van der Waals surface area contributed by atoms with Crippen LogP contribution in [0.3, 0.4) is 0 Å². The molecule has 2 heterocycles. The maximum Gasteiger partial charge on any atom is 0.246 e. The average molecular weight is 586 g/mol. The van der Waals surface area contributed by atoms with Gasteiger partial charge in [-0.3, -0.25) is 14.4 Å². The molecule has 4 atom stereocenters. The number of nitrogens with one attached hydrogen (secondary N) is 2. The van der Waals surface area contributed by atoms with Gasteiger partial charge in [0.05, 0.1) is 28.2 Å². The van der Waals surface area contributed by atoms with Crippen molar-refractivity contribution in [3.8, 4) is 10.4 Å². The van der Waals surface area contributed by atoms with Crippen molar-refractivity contribution >= 4 is 29.1 Å². The number of aliphatic hydroxyl groups is 1. The molecule has 3 rings (SSSR count). The van der Waals surface area contributed by atoms with E-state index in [0.717, 1.165) is 53.8 Å². The molecule has 1 fully saturated rings. The quantitative estimate of drug-likeness (QED) is 0.261. The van der Waals surface area contributed by atoms with E-state index in [4.69, 9.17) is 5.73 Å². The first-order valence-electron chi connectivity index (χ1n) is 14.7. The molecule has 1 aromatic heterocycles. The first-order valence-corrected chi connectivity index (χ1v) is 15.6. The van der Waals surface area contributed by atoms with Crippen LogP contribution >= 0.6 is 11.3 Å². The standard InChI is InChI=1S/C31H47N5O4S/c1-20(22-12-14-23(15-13-22)27-21(2)33-19-41-27)34-29(39)25-17-24(37)18-36(25)30(40)28(31(3,4)5)35-26(38)11-9-7-6-8-10-16-32/h12-15,19-20,24-25,28,37H,6-11,16-18,32H2,1-5H3,(H,34,39)(H,35,38)/t20?,24-,25+,28?/m1/s1. The Kier molecular flexibility index (Phi) is 11.9. The van der Waals surface area contributed by atoms with Gasteiger partial charge in [0, 0.05) is 19.4 Å². The number of likely N-dealkylation sites (tertiary alicyclic amines) is 1. The number of hydrogen-bond donors (Lipinski definition) is 4. The van der Waals surface area contributed by atoms with E-state index in [0.29, 0.717) is 13.0 Å². The van der Waals surface area contributed by atoms with Crippen molar-refractivity contribution in [2.45, 2.75) is 104 Å². The second-order valence-electron chi connectivity index (χ2n) is 12.2. The number of β-amino-alcohol motifs (C(OH)–C–C–N with tert-alkyl or cyclic N) is 1. The van der Waals surface area contributed by atoms with Crippen molar-refractivity contribution in [3.05, 3.63) is 41.0 Å². The Hall–Kier alpha value is -2.82. The zero-order valence-corrected chi connectivity index (χ0v) is 25.9. The molecule has 226 valence electrons. The Bertz CT molecular complexity index is 1160. The molecular formula is C31H47N5O4S. The number of aryl methyl sites for hydroxylation is 1. The van der Waals surface area contributed by atoms with Crippen molar-refractivity contribution in [3.63, 3.8) is 0 Å². The zero-order valence-electron chi connectivity index (χ0n) is 25.1. The van der Waals surface area contributed by atoms with Gasteiger partial charge in [0.1, 0.15) is 12.1 Å². The zero-order chi connectivity index (χ0) is 30.2. The molecule has 0 spiro atoms. The molecule has 0 saturated carbocycles. The number of benzene rings is 1. The summed E-state index contributed by atoms with van der Waals surface area (Å²) >= 11 is 1.59. The van der Waals surface area contributed by atoms with Gasteiger partial charge in [0.15, 0.2) is 0 Å². The lowest BCUT2D eigenvalue weighted by atomic mass is 9.85. The summed E-state index contributed by atoms with van der Waals surface area (Å²) < 4.78 is 0. The summed E-state index contributed by atoms with van der Waals surface area (Å²) in [6.07, 6.45) is 4.45. The third kappa shape index (κ3) is 9.08. The molecule has 41 heavy (non-hydrogen) atoms. The van der Waals surface area contributed by atoms with Gasteiger partial charge in [0.2, 0.25) is 17.7 Å². The molecule has 1 aliphatic heterocycles. The second kappa shape index (κ2) is 14.9. The largest absolute Gasteiger partial charge is 0.391 e. The number of thiazole rings is 1. The minimum atomic E-state index is -0.816. The Labute approximate surface area is 248 Å². The van der Waals surface area contributed by atoms with Crippen LogP contribution in [-0.2, 0) is 14.4 Å². The van der Waals surface area contributed by atoms with Crippen LogP contribution in [0.1, 0.15) is 89.9 Å². The summed E-state index contributed by atoms with van der Waals surface area (Å²) in [5, 5.41) is 16.4. The molecule has 3 amide bonds. The monoisotopic (exact) mass is 585 g/mol.